The number of carbonyl (C=O) groups is 1. The summed E-state index contributed by atoms with van der Waals surface area (Å²) in [6, 6.07) is 3.62. The van der Waals surface area contributed by atoms with Crippen LogP contribution in [0, 0.1) is 0 Å². The van der Waals surface area contributed by atoms with Crippen LogP contribution in [-0.2, 0) is 10.9 Å². The van der Waals surface area contributed by atoms with Crippen LogP contribution >= 0.6 is 15.9 Å². The molecule has 2 rings (SSSR count). The van der Waals surface area contributed by atoms with Crippen LogP contribution in [0.15, 0.2) is 22.7 Å². The van der Waals surface area contributed by atoms with Gasteiger partial charge in [-0.2, -0.15) is 13.2 Å². The van der Waals surface area contributed by atoms with E-state index in [0.717, 1.165) is 6.07 Å². The molecule has 0 aromatic heterocycles. The number of halogens is 4. The normalized spacial score (nSPS) is 16.5. The predicted octanol–water partition coefficient (Wildman–Crippen LogP) is 2.94. The number of amides is 1. The van der Waals surface area contributed by atoms with Crippen LogP contribution in [-0.4, -0.2) is 37.1 Å². The van der Waals surface area contributed by atoms with Crippen molar-refractivity contribution in [2.75, 3.05) is 26.3 Å². The van der Waals surface area contributed by atoms with Crippen LogP contribution in [0.5, 0.6) is 0 Å². The van der Waals surface area contributed by atoms with Gasteiger partial charge in [-0.05, 0) is 28.1 Å². The fourth-order valence-corrected chi connectivity index (χ4v) is 2.44. The number of hydrogen-bond acceptors (Lipinski definition) is 2. The first kappa shape index (κ1) is 14.3. The van der Waals surface area contributed by atoms with Crippen molar-refractivity contribution >= 4 is 21.8 Å². The first-order chi connectivity index (χ1) is 8.91. The quantitative estimate of drug-likeness (QED) is 0.788. The van der Waals surface area contributed by atoms with Gasteiger partial charge in [-0.3, -0.25) is 4.79 Å². The molecule has 0 spiro atoms. The Morgan fingerprint density at radius 3 is 2.47 bits per heavy atom. The lowest BCUT2D eigenvalue weighted by molar-refractivity contribution is -0.138. The minimum atomic E-state index is -4.55. The maximum atomic E-state index is 12.9. The van der Waals surface area contributed by atoms with Gasteiger partial charge in [0.2, 0.25) is 0 Å². The molecule has 104 valence electrons. The van der Waals surface area contributed by atoms with Crippen molar-refractivity contribution in [1.82, 2.24) is 4.90 Å². The van der Waals surface area contributed by atoms with E-state index in [2.05, 4.69) is 15.9 Å². The first-order valence-electron chi connectivity index (χ1n) is 5.64. The molecule has 0 radical (unpaired) electrons. The van der Waals surface area contributed by atoms with Crippen molar-refractivity contribution < 1.29 is 22.7 Å². The highest BCUT2D eigenvalue weighted by Crippen LogP contribution is 2.35. The maximum Gasteiger partial charge on any atom is 0.417 e. The zero-order valence-corrected chi connectivity index (χ0v) is 11.4. The van der Waals surface area contributed by atoms with Crippen molar-refractivity contribution in [3.63, 3.8) is 0 Å². The smallest absolute Gasteiger partial charge is 0.378 e. The number of benzene rings is 1. The van der Waals surface area contributed by atoms with Crippen LogP contribution in [0.1, 0.15) is 15.9 Å². The van der Waals surface area contributed by atoms with E-state index in [1.54, 1.807) is 0 Å². The summed E-state index contributed by atoms with van der Waals surface area (Å²) in [6.45, 7) is 1.30. The molecule has 1 amide bonds. The number of morpholine rings is 1. The molecule has 1 aliphatic rings. The van der Waals surface area contributed by atoms with Crippen LogP contribution in [0.2, 0.25) is 0 Å². The zero-order valence-electron chi connectivity index (χ0n) is 9.84. The van der Waals surface area contributed by atoms with E-state index >= 15 is 0 Å². The van der Waals surface area contributed by atoms with Gasteiger partial charge in [-0.1, -0.05) is 6.07 Å². The van der Waals surface area contributed by atoms with Crippen molar-refractivity contribution in [2.45, 2.75) is 6.18 Å². The summed E-state index contributed by atoms with van der Waals surface area (Å²) in [4.78, 5) is 13.6. The average molecular weight is 338 g/mol. The Labute approximate surface area is 116 Å². The molecule has 1 aliphatic heterocycles. The molecule has 3 nitrogen and oxygen atoms in total. The first-order valence-corrected chi connectivity index (χ1v) is 6.43. The van der Waals surface area contributed by atoms with E-state index in [-0.39, 0.29) is 10.0 Å². The van der Waals surface area contributed by atoms with Gasteiger partial charge in [0.25, 0.3) is 5.91 Å². The molecule has 1 heterocycles. The van der Waals surface area contributed by atoms with Gasteiger partial charge in [-0.25, -0.2) is 0 Å². The van der Waals surface area contributed by atoms with Gasteiger partial charge in [0, 0.05) is 17.6 Å². The van der Waals surface area contributed by atoms with E-state index in [9.17, 15) is 18.0 Å². The monoisotopic (exact) mass is 337 g/mol. The minimum Gasteiger partial charge on any atom is -0.378 e. The largest absolute Gasteiger partial charge is 0.417 e. The van der Waals surface area contributed by atoms with E-state index in [1.807, 2.05) is 0 Å². The predicted molar refractivity (Wildman–Crippen MR) is 65.9 cm³/mol. The number of alkyl halides is 3. The topological polar surface area (TPSA) is 29.5 Å². The molecule has 1 fully saturated rings. The lowest BCUT2D eigenvalue weighted by atomic mass is 10.1. The fraction of sp³-hybridized carbons (Fsp3) is 0.417. The van der Waals surface area contributed by atoms with Gasteiger partial charge in [0.1, 0.15) is 0 Å². The van der Waals surface area contributed by atoms with Crippen molar-refractivity contribution in [2.24, 2.45) is 0 Å². The van der Waals surface area contributed by atoms with Gasteiger partial charge in [-0.15, -0.1) is 0 Å². The zero-order chi connectivity index (χ0) is 14.0. The van der Waals surface area contributed by atoms with Crippen LogP contribution in [0.25, 0.3) is 0 Å². The Hall–Kier alpha value is -1.08. The highest BCUT2D eigenvalue weighted by atomic mass is 79.9. The molecule has 1 saturated heterocycles. The number of rotatable bonds is 1. The molecular weight excluding hydrogens is 327 g/mol. The minimum absolute atomic E-state index is 0.152. The Balaban J connectivity index is 2.40. The summed E-state index contributed by atoms with van der Waals surface area (Å²) in [5.41, 5.74) is -1.25. The van der Waals surface area contributed by atoms with Crippen molar-refractivity contribution in [1.29, 1.82) is 0 Å². The third-order valence-electron chi connectivity index (χ3n) is 2.83. The third-order valence-corrected chi connectivity index (χ3v) is 3.49. The molecule has 0 bridgehead atoms. The number of nitrogens with zero attached hydrogens (tertiary/aromatic N) is 1. The molecule has 1 aromatic carbocycles. The Morgan fingerprint density at radius 1 is 1.26 bits per heavy atom. The second-order valence-corrected chi connectivity index (χ2v) is 4.92. The van der Waals surface area contributed by atoms with Gasteiger partial charge < -0.3 is 9.64 Å². The second kappa shape index (κ2) is 5.50. The molecule has 19 heavy (non-hydrogen) atoms. The average Bonchev–Trinajstić information content (AvgIpc) is 2.37. The third kappa shape index (κ3) is 3.09. The van der Waals surface area contributed by atoms with Crippen LogP contribution in [0.3, 0.4) is 0 Å². The highest BCUT2D eigenvalue weighted by Gasteiger charge is 2.37. The maximum absolute atomic E-state index is 12.9. The molecule has 0 atom stereocenters. The summed E-state index contributed by atoms with van der Waals surface area (Å²) in [5.74, 6) is -0.622. The lowest BCUT2D eigenvalue weighted by Crippen LogP contribution is -2.41. The summed E-state index contributed by atoms with van der Waals surface area (Å²) >= 11 is 3.03. The molecule has 1 aromatic rings. The fourth-order valence-electron chi connectivity index (χ4n) is 1.90. The van der Waals surface area contributed by atoms with Crippen molar-refractivity contribution in [3.8, 4) is 0 Å². The van der Waals surface area contributed by atoms with Crippen LogP contribution < -0.4 is 0 Å². The summed E-state index contributed by atoms with van der Waals surface area (Å²) in [7, 11) is 0. The molecule has 7 heteroatoms. The van der Waals surface area contributed by atoms with Crippen LogP contribution in [0.4, 0.5) is 13.2 Å². The number of carbonyl (C=O) groups excluding carboxylic acids is 1. The molecule has 0 saturated carbocycles. The van der Waals surface area contributed by atoms with E-state index in [4.69, 9.17) is 4.74 Å². The summed E-state index contributed by atoms with van der Waals surface area (Å²) in [5, 5.41) is 0. The molecular formula is C12H11BrF3NO2. The van der Waals surface area contributed by atoms with Gasteiger partial charge in [0.15, 0.2) is 0 Å². The SMILES string of the molecule is O=C(c1c(Br)cccc1C(F)(F)F)N1CCOCC1. The highest BCUT2D eigenvalue weighted by molar-refractivity contribution is 9.10. The number of hydrogen-bond donors (Lipinski definition) is 0. The summed E-state index contributed by atoms with van der Waals surface area (Å²) in [6.07, 6.45) is -4.55. The number of ether oxygens (including phenoxy) is 1. The Morgan fingerprint density at radius 2 is 1.89 bits per heavy atom. The standard InChI is InChI=1S/C12H11BrF3NO2/c13-9-3-1-2-8(12(14,15)16)10(9)11(18)17-4-6-19-7-5-17/h1-3H,4-7H2. The Bertz CT molecular complexity index is 484. The van der Waals surface area contributed by atoms with Crippen molar-refractivity contribution in [3.05, 3.63) is 33.8 Å². The molecule has 0 unspecified atom stereocenters. The van der Waals surface area contributed by atoms with Gasteiger partial charge in [0.05, 0.1) is 24.3 Å². The Kier molecular flexibility index (Phi) is 4.15. The van der Waals surface area contributed by atoms with E-state index in [1.165, 1.54) is 17.0 Å². The summed E-state index contributed by atoms with van der Waals surface area (Å²) < 4.78 is 44.1. The molecule has 0 N–H and O–H groups in total. The van der Waals surface area contributed by atoms with E-state index in [0.29, 0.717) is 26.3 Å². The molecule has 0 aliphatic carbocycles. The second-order valence-electron chi connectivity index (χ2n) is 4.06. The lowest BCUT2D eigenvalue weighted by Gasteiger charge is -2.28. The van der Waals surface area contributed by atoms with Gasteiger partial charge >= 0.3 is 6.18 Å². The van der Waals surface area contributed by atoms with E-state index < -0.39 is 17.6 Å².